The molecule has 0 saturated heterocycles. The van der Waals surface area contributed by atoms with Crippen molar-refractivity contribution in [2.45, 2.75) is 22.6 Å². The zero-order valence-corrected chi connectivity index (χ0v) is 10.6. The molecule has 1 aromatic heterocycles. The van der Waals surface area contributed by atoms with Crippen LogP contribution in [-0.2, 0) is 12.7 Å². The van der Waals surface area contributed by atoms with E-state index in [1.54, 1.807) is 0 Å². The van der Waals surface area contributed by atoms with Gasteiger partial charge in [0.05, 0.1) is 5.56 Å². The zero-order chi connectivity index (χ0) is 13.9. The van der Waals surface area contributed by atoms with Gasteiger partial charge < -0.3 is 5.73 Å². The minimum absolute atomic E-state index is 0.379. The SMILES string of the molecule is NCc1ccccc1Sc1ccc(C(F)(F)F)cn1. The van der Waals surface area contributed by atoms with E-state index in [1.807, 2.05) is 24.3 Å². The van der Waals surface area contributed by atoms with Crippen LogP contribution in [0.25, 0.3) is 0 Å². The Morgan fingerprint density at radius 3 is 2.42 bits per heavy atom. The number of hydrogen-bond donors (Lipinski definition) is 1. The first-order valence-electron chi connectivity index (χ1n) is 5.50. The van der Waals surface area contributed by atoms with Gasteiger partial charge in [0.25, 0.3) is 0 Å². The van der Waals surface area contributed by atoms with E-state index in [1.165, 1.54) is 17.8 Å². The van der Waals surface area contributed by atoms with Gasteiger partial charge >= 0.3 is 6.18 Å². The molecule has 6 heteroatoms. The van der Waals surface area contributed by atoms with E-state index >= 15 is 0 Å². The van der Waals surface area contributed by atoms with E-state index in [9.17, 15) is 13.2 Å². The fourth-order valence-electron chi connectivity index (χ4n) is 1.49. The van der Waals surface area contributed by atoms with Gasteiger partial charge in [0, 0.05) is 17.6 Å². The van der Waals surface area contributed by atoms with E-state index in [2.05, 4.69) is 4.98 Å². The quantitative estimate of drug-likeness (QED) is 0.933. The lowest BCUT2D eigenvalue weighted by molar-refractivity contribution is -0.137. The predicted octanol–water partition coefficient (Wildman–Crippen LogP) is 3.71. The Bertz CT molecular complexity index is 553. The van der Waals surface area contributed by atoms with Crippen LogP contribution < -0.4 is 5.73 Å². The van der Waals surface area contributed by atoms with Gasteiger partial charge in [-0.15, -0.1) is 0 Å². The summed E-state index contributed by atoms with van der Waals surface area (Å²) in [6.07, 6.45) is -3.52. The summed E-state index contributed by atoms with van der Waals surface area (Å²) >= 11 is 1.30. The van der Waals surface area contributed by atoms with Crippen molar-refractivity contribution in [2.24, 2.45) is 5.73 Å². The predicted molar refractivity (Wildman–Crippen MR) is 67.7 cm³/mol. The molecule has 2 aromatic rings. The Balaban J connectivity index is 2.20. The van der Waals surface area contributed by atoms with Crippen molar-refractivity contribution < 1.29 is 13.2 Å². The Hall–Kier alpha value is -1.53. The minimum Gasteiger partial charge on any atom is -0.326 e. The molecule has 100 valence electrons. The zero-order valence-electron chi connectivity index (χ0n) is 9.82. The molecule has 0 spiro atoms. The van der Waals surface area contributed by atoms with E-state index in [0.29, 0.717) is 11.6 Å². The maximum Gasteiger partial charge on any atom is 0.417 e. The highest BCUT2D eigenvalue weighted by molar-refractivity contribution is 7.99. The second kappa shape index (κ2) is 5.63. The first kappa shape index (κ1) is 13.9. The maximum atomic E-state index is 12.4. The molecular weight excluding hydrogens is 273 g/mol. The summed E-state index contributed by atoms with van der Waals surface area (Å²) in [7, 11) is 0. The fourth-order valence-corrected chi connectivity index (χ4v) is 2.39. The summed E-state index contributed by atoms with van der Waals surface area (Å²) < 4.78 is 37.2. The molecule has 1 aromatic carbocycles. The van der Waals surface area contributed by atoms with Crippen molar-refractivity contribution >= 4 is 11.8 Å². The molecule has 2 N–H and O–H groups in total. The van der Waals surface area contributed by atoms with Crippen molar-refractivity contribution in [3.63, 3.8) is 0 Å². The van der Waals surface area contributed by atoms with Crippen molar-refractivity contribution in [1.29, 1.82) is 0 Å². The summed E-state index contributed by atoms with van der Waals surface area (Å²) in [6.45, 7) is 0.379. The van der Waals surface area contributed by atoms with Crippen LogP contribution >= 0.6 is 11.8 Å². The molecule has 0 fully saturated rings. The van der Waals surface area contributed by atoms with Gasteiger partial charge in [-0.05, 0) is 23.8 Å². The van der Waals surface area contributed by atoms with Crippen molar-refractivity contribution in [1.82, 2.24) is 4.98 Å². The lowest BCUT2D eigenvalue weighted by Crippen LogP contribution is -2.05. The molecule has 0 unspecified atom stereocenters. The molecular formula is C13H11F3N2S. The van der Waals surface area contributed by atoms with Gasteiger partial charge in [0.2, 0.25) is 0 Å². The molecule has 0 amide bonds. The van der Waals surface area contributed by atoms with Crippen LogP contribution in [0.15, 0.2) is 52.5 Å². The average Bonchev–Trinajstić information content (AvgIpc) is 2.39. The molecule has 0 saturated carbocycles. The first-order chi connectivity index (χ1) is 9.00. The first-order valence-corrected chi connectivity index (χ1v) is 6.31. The molecule has 0 bridgehead atoms. The Morgan fingerprint density at radius 2 is 1.84 bits per heavy atom. The molecule has 2 nitrogen and oxygen atoms in total. The Labute approximate surface area is 112 Å². The number of alkyl halides is 3. The molecule has 0 aliphatic heterocycles. The molecule has 1 heterocycles. The largest absolute Gasteiger partial charge is 0.417 e. The summed E-state index contributed by atoms with van der Waals surface area (Å²) in [4.78, 5) is 4.72. The number of halogens is 3. The van der Waals surface area contributed by atoms with Crippen LogP contribution in [0.3, 0.4) is 0 Å². The van der Waals surface area contributed by atoms with Crippen molar-refractivity contribution in [3.05, 3.63) is 53.7 Å². The summed E-state index contributed by atoms with van der Waals surface area (Å²) in [5.41, 5.74) is 5.80. The van der Waals surface area contributed by atoms with E-state index in [0.717, 1.165) is 22.7 Å². The third-order valence-corrected chi connectivity index (χ3v) is 3.54. The molecule has 0 aliphatic rings. The van der Waals surface area contributed by atoms with Gasteiger partial charge in [-0.25, -0.2) is 4.98 Å². The number of pyridine rings is 1. The van der Waals surface area contributed by atoms with Gasteiger partial charge in [-0.1, -0.05) is 30.0 Å². The topological polar surface area (TPSA) is 38.9 Å². The second-order valence-corrected chi connectivity index (χ2v) is 4.86. The number of nitrogens with two attached hydrogens (primary N) is 1. The van der Waals surface area contributed by atoms with Gasteiger partial charge in [-0.2, -0.15) is 13.2 Å². The molecule has 0 atom stereocenters. The highest BCUT2D eigenvalue weighted by Gasteiger charge is 2.30. The van der Waals surface area contributed by atoms with E-state index in [-0.39, 0.29) is 0 Å². The molecule has 0 radical (unpaired) electrons. The van der Waals surface area contributed by atoms with Crippen LogP contribution in [-0.4, -0.2) is 4.98 Å². The summed E-state index contributed by atoms with van der Waals surface area (Å²) in [6, 6.07) is 9.86. The van der Waals surface area contributed by atoms with Crippen molar-refractivity contribution in [2.75, 3.05) is 0 Å². The monoisotopic (exact) mass is 284 g/mol. The number of benzene rings is 1. The second-order valence-electron chi connectivity index (χ2n) is 3.80. The summed E-state index contributed by atoms with van der Waals surface area (Å²) in [5.74, 6) is 0. The van der Waals surface area contributed by atoms with Gasteiger partial charge in [0.15, 0.2) is 0 Å². The van der Waals surface area contributed by atoms with E-state index < -0.39 is 11.7 Å². The summed E-state index contributed by atoms with van der Waals surface area (Å²) in [5, 5.41) is 0.508. The molecule has 19 heavy (non-hydrogen) atoms. The minimum atomic E-state index is -4.36. The van der Waals surface area contributed by atoms with Crippen molar-refractivity contribution in [3.8, 4) is 0 Å². The lowest BCUT2D eigenvalue weighted by Gasteiger charge is -2.08. The standard InChI is InChI=1S/C13H11F3N2S/c14-13(15,16)10-5-6-12(18-8-10)19-11-4-2-1-3-9(11)7-17/h1-6,8H,7,17H2. The molecule has 0 aliphatic carbocycles. The third kappa shape index (κ3) is 3.48. The number of hydrogen-bond acceptors (Lipinski definition) is 3. The van der Waals surface area contributed by atoms with Crippen LogP contribution in [0, 0.1) is 0 Å². The number of aromatic nitrogens is 1. The number of nitrogens with zero attached hydrogens (tertiary/aromatic N) is 1. The van der Waals surface area contributed by atoms with Crippen LogP contribution in [0.2, 0.25) is 0 Å². The van der Waals surface area contributed by atoms with Gasteiger partial charge in [0.1, 0.15) is 5.03 Å². The maximum absolute atomic E-state index is 12.4. The molecule has 2 rings (SSSR count). The van der Waals surface area contributed by atoms with Crippen LogP contribution in [0.4, 0.5) is 13.2 Å². The van der Waals surface area contributed by atoms with Crippen LogP contribution in [0.1, 0.15) is 11.1 Å². The van der Waals surface area contributed by atoms with Crippen LogP contribution in [0.5, 0.6) is 0 Å². The third-order valence-electron chi connectivity index (χ3n) is 2.47. The highest BCUT2D eigenvalue weighted by Crippen LogP contribution is 2.32. The van der Waals surface area contributed by atoms with E-state index in [4.69, 9.17) is 5.73 Å². The smallest absolute Gasteiger partial charge is 0.326 e. The average molecular weight is 284 g/mol. The lowest BCUT2D eigenvalue weighted by atomic mass is 10.2. The Kier molecular flexibility index (Phi) is 4.11. The fraction of sp³-hybridized carbons (Fsp3) is 0.154. The van der Waals surface area contributed by atoms with Gasteiger partial charge in [-0.3, -0.25) is 0 Å². The normalized spacial score (nSPS) is 11.6. The Morgan fingerprint density at radius 1 is 1.11 bits per heavy atom. The highest BCUT2D eigenvalue weighted by atomic mass is 32.2. The number of rotatable bonds is 3.